The van der Waals surface area contributed by atoms with Gasteiger partial charge in [0.15, 0.2) is 0 Å². The summed E-state index contributed by atoms with van der Waals surface area (Å²) < 4.78 is 43.4. The number of hydrogen-bond acceptors (Lipinski definition) is 4. The SMILES string of the molecule is Cc1c(-c2ccc(C(=O)N3CCC(I)CC3)s2)noc1C(F)(F)F. The highest BCUT2D eigenvalue weighted by molar-refractivity contribution is 14.1. The molecule has 1 amide bonds. The molecule has 3 rings (SSSR count). The molecule has 1 fully saturated rings. The van der Waals surface area contributed by atoms with E-state index < -0.39 is 11.9 Å². The topological polar surface area (TPSA) is 46.3 Å². The molecule has 1 saturated heterocycles. The van der Waals surface area contributed by atoms with Crippen LogP contribution < -0.4 is 0 Å². The number of thiophene rings is 1. The summed E-state index contributed by atoms with van der Waals surface area (Å²) in [5.41, 5.74) is 0.0754. The Morgan fingerprint density at radius 3 is 2.62 bits per heavy atom. The van der Waals surface area contributed by atoms with Gasteiger partial charge in [-0.15, -0.1) is 11.3 Å². The highest BCUT2D eigenvalue weighted by Gasteiger charge is 2.39. The first-order chi connectivity index (χ1) is 11.3. The van der Waals surface area contributed by atoms with Crippen LogP contribution in [0.25, 0.3) is 10.6 Å². The molecule has 0 aromatic carbocycles. The van der Waals surface area contributed by atoms with Crippen LogP contribution in [0.2, 0.25) is 0 Å². The van der Waals surface area contributed by atoms with Gasteiger partial charge >= 0.3 is 6.18 Å². The minimum atomic E-state index is -4.57. The molecule has 1 aliphatic rings. The molecule has 1 aliphatic heterocycles. The number of carbonyl (C=O) groups is 1. The van der Waals surface area contributed by atoms with Crippen LogP contribution in [0.15, 0.2) is 16.7 Å². The molecule has 24 heavy (non-hydrogen) atoms. The summed E-state index contributed by atoms with van der Waals surface area (Å²) in [5, 5.41) is 3.54. The summed E-state index contributed by atoms with van der Waals surface area (Å²) in [5.74, 6) is -1.17. The van der Waals surface area contributed by atoms with Gasteiger partial charge in [-0.1, -0.05) is 27.7 Å². The average Bonchev–Trinajstić information content (AvgIpc) is 3.13. The van der Waals surface area contributed by atoms with E-state index in [0.29, 0.717) is 26.8 Å². The quantitative estimate of drug-likeness (QED) is 0.470. The van der Waals surface area contributed by atoms with Crippen molar-refractivity contribution >= 4 is 39.8 Å². The van der Waals surface area contributed by atoms with Crippen LogP contribution in [-0.2, 0) is 6.18 Å². The van der Waals surface area contributed by atoms with E-state index in [2.05, 4.69) is 32.3 Å². The molecule has 2 aromatic heterocycles. The summed E-state index contributed by atoms with van der Waals surface area (Å²) >= 11 is 3.53. The molecule has 130 valence electrons. The second-order valence-electron chi connectivity index (χ2n) is 5.61. The van der Waals surface area contributed by atoms with E-state index in [0.717, 1.165) is 24.2 Å². The van der Waals surface area contributed by atoms with Crippen LogP contribution in [-0.4, -0.2) is 33.0 Å². The molecule has 9 heteroatoms. The van der Waals surface area contributed by atoms with Crippen molar-refractivity contribution in [2.45, 2.75) is 29.9 Å². The van der Waals surface area contributed by atoms with Gasteiger partial charge < -0.3 is 9.42 Å². The molecule has 0 unspecified atom stereocenters. The number of alkyl halides is 4. The van der Waals surface area contributed by atoms with E-state index in [1.165, 1.54) is 6.92 Å². The number of hydrogen-bond donors (Lipinski definition) is 0. The fraction of sp³-hybridized carbons (Fsp3) is 0.467. The number of halogens is 4. The Labute approximate surface area is 154 Å². The maximum absolute atomic E-state index is 12.8. The van der Waals surface area contributed by atoms with Gasteiger partial charge in [0, 0.05) is 22.6 Å². The van der Waals surface area contributed by atoms with Gasteiger partial charge in [0.05, 0.1) is 9.75 Å². The summed E-state index contributed by atoms with van der Waals surface area (Å²) in [6.45, 7) is 2.74. The third-order valence-electron chi connectivity index (χ3n) is 3.94. The number of piperidine rings is 1. The minimum Gasteiger partial charge on any atom is -0.351 e. The highest BCUT2D eigenvalue weighted by Crippen LogP contribution is 2.38. The van der Waals surface area contributed by atoms with Crippen LogP contribution in [0, 0.1) is 6.92 Å². The zero-order valence-electron chi connectivity index (χ0n) is 12.7. The molecule has 0 radical (unpaired) electrons. The van der Waals surface area contributed by atoms with Crippen molar-refractivity contribution in [2.75, 3.05) is 13.1 Å². The van der Waals surface area contributed by atoms with Crippen molar-refractivity contribution in [2.24, 2.45) is 0 Å². The molecule has 0 spiro atoms. The summed E-state index contributed by atoms with van der Waals surface area (Å²) in [6.07, 6.45) is -2.65. The zero-order chi connectivity index (χ0) is 17.5. The van der Waals surface area contributed by atoms with Crippen LogP contribution >= 0.6 is 33.9 Å². The Bertz CT molecular complexity index is 748. The Balaban J connectivity index is 1.81. The normalized spacial score (nSPS) is 16.6. The number of amides is 1. The van der Waals surface area contributed by atoms with Crippen LogP contribution in [0.5, 0.6) is 0 Å². The van der Waals surface area contributed by atoms with Crippen molar-refractivity contribution in [3.8, 4) is 10.6 Å². The number of carbonyl (C=O) groups excluding carboxylic acids is 1. The van der Waals surface area contributed by atoms with E-state index in [1.54, 1.807) is 17.0 Å². The lowest BCUT2D eigenvalue weighted by atomic mass is 10.1. The predicted molar refractivity (Wildman–Crippen MR) is 92.5 cm³/mol. The van der Waals surface area contributed by atoms with Gasteiger partial charge in [0.2, 0.25) is 5.76 Å². The predicted octanol–water partition coefficient (Wildman–Crippen LogP) is 4.77. The summed E-state index contributed by atoms with van der Waals surface area (Å²) in [7, 11) is 0. The molecule has 0 saturated carbocycles. The third-order valence-corrected chi connectivity index (χ3v) is 6.27. The Kier molecular flexibility index (Phi) is 4.92. The number of nitrogens with zero attached hydrogens (tertiary/aromatic N) is 2. The van der Waals surface area contributed by atoms with Crippen LogP contribution in [0.4, 0.5) is 13.2 Å². The van der Waals surface area contributed by atoms with E-state index in [9.17, 15) is 18.0 Å². The van der Waals surface area contributed by atoms with E-state index in [-0.39, 0.29) is 17.2 Å². The molecule has 4 nitrogen and oxygen atoms in total. The molecular weight excluding hydrogens is 456 g/mol. The van der Waals surface area contributed by atoms with E-state index >= 15 is 0 Å². The fourth-order valence-corrected chi connectivity index (χ4v) is 4.19. The van der Waals surface area contributed by atoms with Crippen molar-refractivity contribution in [3.05, 3.63) is 28.3 Å². The van der Waals surface area contributed by atoms with Crippen molar-refractivity contribution in [1.29, 1.82) is 0 Å². The second-order valence-corrected chi connectivity index (χ2v) is 8.46. The maximum atomic E-state index is 12.8. The average molecular weight is 470 g/mol. The van der Waals surface area contributed by atoms with Gasteiger partial charge in [-0.3, -0.25) is 4.79 Å². The summed E-state index contributed by atoms with van der Waals surface area (Å²) in [4.78, 5) is 15.3. The van der Waals surface area contributed by atoms with E-state index in [4.69, 9.17) is 0 Å². The Hall–Kier alpha value is -1.10. The van der Waals surface area contributed by atoms with Crippen molar-refractivity contribution in [3.63, 3.8) is 0 Å². The first-order valence-electron chi connectivity index (χ1n) is 7.34. The Morgan fingerprint density at radius 2 is 2.04 bits per heavy atom. The fourth-order valence-electron chi connectivity index (χ4n) is 2.62. The smallest absolute Gasteiger partial charge is 0.351 e. The lowest BCUT2D eigenvalue weighted by molar-refractivity contribution is -0.156. The molecular formula is C15H14F3IN2O2S. The van der Waals surface area contributed by atoms with Gasteiger partial charge in [-0.25, -0.2) is 0 Å². The lowest BCUT2D eigenvalue weighted by Gasteiger charge is -2.29. The number of likely N-dealkylation sites (tertiary alicyclic amines) is 1. The summed E-state index contributed by atoms with van der Waals surface area (Å²) in [6, 6.07) is 3.26. The van der Waals surface area contributed by atoms with Gasteiger partial charge in [-0.05, 0) is 31.9 Å². The third kappa shape index (κ3) is 3.46. The molecule has 0 N–H and O–H groups in total. The minimum absolute atomic E-state index is 0.0610. The highest BCUT2D eigenvalue weighted by atomic mass is 127. The molecule has 2 aromatic rings. The first kappa shape index (κ1) is 17.7. The monoisotopic (exact) mass is 470 g/mol. The number of aromatic nitrogens is 1. The van der Waals surface area contributed by atoms with Crippen molar-refractivity contribution < 1.29 is 22.5 Å². The molecule has 0 atom stereocenters. The van der Waals surface area contributed by atoms with Crippen LogP contribution in [0.3, 0.4) is 0 Å². The largest absolute Gasteiger partial charge is 0.452 e. The standard InChI is InChI=1S/C15H14F3IN2O2S/c1-8-12(20-23-13(8)15(16,17)18)10-2-3-11(24-10)14(22)21-6-4-9(19)5-7-21/h2-3,9H,4-7H2,1H3. The molecule has 3 heterocycles. The van der Waals surface area contributed by atoms with Gasteiger partial charge in [0.25, 0.3) is 5.91 Å². The molecule has 0 bridgehead atoms. The molecule has 0 aliphatic carbocycles. The number of rotatable bonds is 2. The first-order valence-corrected chi connectivity index (χ1v) is 9.40. The van der Waals surface area contributed by atoms with Crippen molar-refractivity contribution in [1.82, 2.24) is 10.1 Å². The zero-order valence-corrected chi connectivity index (χ0v) is 15.7. The van der Waals surface area contributed by atoms with E-state index in [1.807, 2.05) is 0 Å². The van der Waals surface area contributed by atoms with Gasteiger partial charge in [0.1, 0.15) is 5.69 Å². The second kappa shape index (κ2) is 6.66. The van der Waals surface area contributed by atoms with Crippen LogP contribution in [0.1, 0.15) is 33.8 Å². The lowest BCUT2D eigenvalue weighted by Crippen LogP contribution is -2.38. The maximum Gasteiger partial charge on any atom is 0.452 e. The Morgan fingerprint density at radius 1 is 1.38 bits per heavy atom. The van der Waals surface area contributed by atoms with Gasteiger partial charge in [-0.2, -0.15) is 13.2 Å².